The molecule has 5 heteroatoms. The third-order valence-corrected chi connectivity index (χ3v) is 2.37. The van der Waals surface area contributed by atoms with E-state index < -0.39 is 5.97 Å². The predicted molar refractivity (Wildman–Crippen MR) is 45.4 cm³/mol. The summed E-state index contributed by atoms with van der Waals surface area (Å²) in [6.07, 6.45) is 4.70. The minimum Gasteiger partial charge on any atom is -0.478 e. The molecule has 0 radical (unpaired) electrons. The maximum Gasteiger partial charge on any atom is 0.338 e. The topological polar surface area (TPSA) is 81.1 Å². The number of nitrogens with zero attached hydrogens (tertiary/aromatic N) is 2. The molecule has 0 amide bonds. The number of aromatic carboxylic acids is 1. The van der Waals surface area contributed by atoms with Crippen LogP contribution in [0, 0.1) is 0 Å². The molecule has 1 fully saturated rings. The van der Waals surface area contributed by atoms with E-state index in [1.54, 1.807) is 10.9 Å². The number of nitrogens with two attached hydrogens (primary N) is 1. The van der Waals surface area contributed by atoms with E-state index in [1.165, 1.54) is 6.20 Å². The van der Waals surface area contributed by atoms with Crippen molar-refractivity contribution in [3.63, 3.8) is 0 Å². The lowest BCUT2D eigenvalue weighted by atomic mass is 9.88. The van der Waals surface area contributed by atoms with Crippen LogP contribution in [0.2, 0.25) is 0 Å². The minimum atomic E-state index is -0.935. The molecular weight excluding hydrogens is 170 g/mol. The quantitative estimate of drug-likeness (QED) is 0.685. The SMILES string of the molecule is NC1CC(n2cc(C(=O)O)cn2)C1. The summed E-state index contributed by atoms with van der Waals surface area (Å²) in [6.45, 7) is 0. The van der Waals surface area contributed by atoms with Gasteiger partial charge >= 0.3 is 5.97 Å². The Balaban J connectivity index is 2.10. The standard InChI is InChI=1S/C8H11N3O2/c9-6-1-7(2-6)11-4-5(3-10-11)8(12)13/h3-4,6-7H,1-2,9H2,(H,12,13). The second-order valence-electron chi connectivity index (χ2n) is 3.40. The Morgan fingerprint density at radius 3 is 2.85 bits per heavy atom. The molecule has 0 aliphatic heterocycles. The highest BCUT2D eigenvalue weighted by Gasteiger charge is 2.28. The Hall–Kier alpha value is -1.36. The van der Waals surface area contributed by atoms with Crippen LogP contribution in [0.1, 0.15) is 29.2 Å². The van der Waals surface area contributed by atoms with Gasteiger partial charge in [0.15, 0.2) is 0 Å². The van der Waals surface area contributed by atoms with Crippen LogP contribution in [0.15, 0.2) is 12.4 Å². The Morgan fingerprint density at radius 2 is 2.38 bits per heavy atom. The van der Waals surface area contributed by atoms with Gasteiger partial charge in [0.25, 0.3) is 0 Å². The van der Waals surface area contributed by atoms with Gasteiger partial charge in [0.2, 0.25) is 0 Å². The molecule has 0 aromatic carbocycles. The summed E-state index contributed by atoms with van der Waals surface area (Å²) in [7, 11) is 0. The monoisotopic (exact) mass is 181 g/mol. The van der Waals surface area contributed by atoms with Crippen LogP contribution < -0.4 is 5.73 Å². The van der Waals surface area contributed by atoms with Gasteiger partial charge in [-0.2, -0.15) is 5.10 Å². The summed E-state index contributed by atoms with van der Waals surface area (Å²) >= 11 is 0. The average Bonchev–Trinajstić information content (AvgIpc) is 2.46. The van der Waals surface area contributed by atoms with Gasteiger partial charge < -0.3 is 10.8 Å². The number of carboxylic acids is 1. The number of carboxylic acid groups (broad SMARTS) is 1. The maximum atomic E-state index is 10.5. The number of hydrogen-bond donors (Lipinski definition) is 2. The van der Waals surface area contributed by atoms with Crippen LogP contribution in [-0.2, 0) is 0 Å². The first-order valence-corrected chi connectivity index (χ1v) is 4.20. The van der Waals surface area contributed by atoms with Crippen molar-refractivity contribution in [3.05, 3.63) is 18.0 Å². The number of carbonyl (C=O) groups is 1. The van der Waals surface area contributed by atoms with Gasteiger partial charge in [0.1, 0.15) is 0 Å². The molecule has 1 aromatic rings. The van der Waals surface area contributed by atoms with E-state index in [0.29, 0.717) is 6.04 Å². The summed E-state index contributed by atoms with van der Waals surface area (Å²) < 4.78 is 1.69. The van der Waals surface area contributed by atoms with Crippen molar-refractivity contribution in [1.29, 1.82) is 0 Å². The Bertz CT molecular complexity index is 328. The Morgan fingerprint density at radius 1 is 1.69 bits per heavy atom. The summed E-state index contributed by atoms with van der Waals surface area (Å²) in [5.41, 5.74) is 5.85. The molecule has 1 heterocycles. The van der Waals surface area contributed by atoms with Gasteiger partial charge in [-0.25, -0.2) is 4.79 Å². The molecule has 1 aromatic heterocycles. The molecule has 5 nitrogen and oxygen atoms in total. The molecular formula is C8H11N3O2. The largest absolute Gasteiger partial charge is 0.478 e. The fourth-order valence-electron chi connectivity index (χ4n) is 1.49. The predicted octanol–water partition coefficient (Wildman–Crippen LogP) is 0.243. The second-order valence-corrected chi connectivity index (χ2v) is 3.40. The van der Waals surface area contributed by atoms with Crippen molar-refractivity contribution in [3.8, 4) is 0 Å². The molecule has 1 aliphatic carbocycles. The zero-order valence-electron chi connectivity index (χ0n) is 7.05. The zero-order valence-corrected chi connectivity index (χ0v) is 7.05. The number of hydrogen-bond acceptors (Lipinski definition) is 3. The van der Waals surface area contributed by atoms with E-state index in [-0.39, 0.29) is 11.6 Å². The van der Waals surface area contributed by atoms with E-state index >= 15 is 0 Å². The number of aromatic nitrogens is 2. The van der Waals surface area contributed by atoms with Gasteiger partial charge in [-0.1, -0.05) is 0 Å². The van der Waals surface area contributed by atoms with Crippen LogP contribution >= 0.6 is 0 Å². The molecule has 0 unspecified atom stereocenters. The third-order valence-electron chi connectivity index (χ3n) is 2.37. The first-order chi connectivity index (χ1) is 6.16. The lowest BCUT2D eigenvalue weighted by molar-refractivity contribution is 0.0696. The number of rotatable bonds is 2. The second kappa shape index (κ2) is 2.85. The van der Waals surface area contributed by atoms with Crippen molar-refractivity contribution >= 4 is 5.97 Å². The van der Waals surface area contributed by atoms with Gasteiger partial charge in [0, 0.05) is 12.2 Å². The molecule has 1 saturated carbocycles. The van der Waals surface area contributed by atoms with Crippen LogP contribution in [0.25, 0.3) is 0 Å². The highest BCUT2D eigenvalue weighted by Crippen LogP contribution is 2.29. The Kier molecular flexibility index (Phi) is 1.81. The summed E-state index contributed by atoms with van der Waals surface area (Å²) in [4.78, 5) is 10.5. The molecule has 13 heavy (non-hydrogen) atoms. The fraction of sp³-hybridized carbons (Fsp3) is 0.500. The third kappa shape index (κ3) is 1.42. The molecule has 0 spiro atoms. The first kappa shape index (κ1) is 8.25. The van der Waals surface area contributed by atoms with Crippen molar-refractivity contribution in [2.75, 3.05) is 0 Å². The van der Waals surface area contributed by atoms with Crippen molar-refractivity contribution in [1.82, 2.24) is 9.78 Å². The Labute approximate surface area is 75.2 Å². The average molecular weight is 181 g/mol. The minimum absolute atomic E-state index is 0.237. The normalized spacial score (nSPS) is 26.8. The highest BCUT2D eigenvalue weighted by molar-refractivity contribution is 5.86. The summed E-state index contributed by atoms with van der Waals surface area (Å²) in [5.74, 6) is -0.935. The molecule has 0 bridgehead atoms. The van der Waals surface area contributed by atoms with Gasteiger partial charge in [-0.05, 0) is 12.8 Å². The zero-order chi connectivity index (χ0) is 9.42. The fourth-order valence-corrected chi connectivity index (χ4v) is 1.49. The van der Waals surface area contributed by atoms with E-state index in [0.717, 1.165) is 12.8 Å². The molecule has 0 saturated heterocycles. The summed E-state index contributed by atoms with van der Waals surface area (Å²) in [5, 5.41) is 12.6. The van der Waals surface area contributed by atoms with E-state index in [2.05, 4.69) is 5.10 Å². The first-order valence-electron chi connectivity index (χ1n) is 4.20. The molecule has 3 N–H and O–H groups in total. The van der Waals surface area contributed by atoms with Gasteiger partial charge in [0.05, 0.1) is 17.8 Å². The summed E-state index contributed by atoms with van der Waals surface area (Å²) in [6, 6.07) is 0.547. The van der Waals surface area contributed by atoms with E-state index in [9.17, 15) is 4.79 Å². The van der Waals surface area contributed by atoms with Crippen molar-refractivity contribution in [2.24, 2.45) is 5.73 Å². The molecule has 2 rings (SSSR count). The molecule has 0 atom stereocenters. The highest BCUT2D eigenvalue weighted by atomic mass is 16.4. The molecule has 70 valence electrons. The van der Waals surface area contributed by atoms with Gasteiger partial charge in [-0.3, -0.25) is 4.68 Å². The smallest absolute Gasteiger partial charge is 0.338 e. The lowest BCUT2D eigenvalue weighted by Gasteiger charge is -2.32. The van der Waals surface area contributed by atoms with Crippen LogP contribution in [0.5, 0.6) is 0 Å². The van der Waals surface area contributed by atoms with E-state index in [4.69, 9.17) is 10.8 Å². The van der Waals surface area contributed by atoms with E-state index in [1.807, 2.05) is 0 Å². The maximum absolute atomic E-state index is 10.5. The van der Waals surface area contributed by atoms with Crippen molar-refractivity contribution in [2.45, 2.75) is 24.9 Å². The van der Waals surface area contributed by atoms with Crippen LogP contribution in [-0.4, -0.2) is 26.9 Å². The van der Waals surface area contributed by atoms with Crippen LogP contribution in [0.3, 0.4) is 0 Å². The van der Waals surface area contributed by atoms with Gasteiger partial charge in [-0.15, -0.1) is 0 Å². The molecule has 1 aliphatic rings. The van der Waals surface area contributed by atoms with Crippen molar-refractivity contribution < 1.29 is 9.90 Å². The lowest BCUT2D eigenvalue weighted by Crippen LogP contribution is -2.37. The van der Waals surface area contributed by atoms with Crippen LogP contribution in [0.4, 0.5) is 0 Å².